The first-order valence-corrected chi connectivity index (χ1v) is 7.91. The molecule has 0 N–H and O–H groups in total. The van der Waals surface area contributed by atoms with E-state index in [4.69, 9.17) is 4.74 Å². The molecule has 0 aromatic rings. The molecule has 20 heavy (non-hydrogen) atoms. The zero-order valence-electron chi connectivity index (χ0n) is 13.5. The fourth-order valence-corrected chi connectivity index (χ4v) is 3.14. The summed E-state index contributed by atoms with van der Waals surface area (Å²) in [6.45, 7) is 10.3. The van der Waals surface area contributed by atoms with E-state index in [0.29, 0.717) is 11.8 Å². The Labute approximate surface area is 123 Å². The minimum Gasteiger partial charge on any atom is -0.458 e. The van der Waals surface area contributed by atoms with Gasteiger partial charge in [-0.05, 0) is 57.9 Å². The van der Waals surface area contributed by atoms with Gasteiger partial charge in [0.05, 0.1) is 5.41 Å². The molecule has 2 heteroatoms. The zero-order valence-corrected chi connectivity index (χ0v) is 13.5. The first-order valence-electron chi connectivity index (χ1n) is 7.91. The van der Waals surface area contributed by atoms with Crippen LogP contribution in [0.5, 0.6) is 0 Å². The Balaban J connectivity index is 2.26. The van der Waals surface area contributed by atoms with Crippen LogP contribution in [0.1, 0.15) is 60.3 Å². The van der Waals surface area contributed by atoms with Gasteiger partial charge in [-0.1, -0.05) is 32.1 Å². The average Bonchev–Trinajstić information content (AvgIpc) is 2.43. The summed E-state index contributed by atoms with van der Waals surface area (Å²) in [5.74, 6) is 0.678. The van der Waals surface area contributed by atoms with Crippen LogP contribution in [0, 0.1) is 17.3 Å². The Morgan fingerprint density at radius 2 is 2.20 bits per heavy atom. The van der Waals surface area contributed by atoms with E-state index in [0.717, 1.165) is 25.7 Å². The van der Waals surface area contributed by atoms with Crippen LogP contribution >= 0.6 is 0 Å². The molecule has 0 aromatic heterocycles. The van der Waals surface area contributed by atoms with E-state index < -0.39 is 5.41 Å². The van der Waals surface area contributed by atoms with E-state index >= 15 is 0 Å². The molecule has 2 aliphatic carbocycles. The quantitative estimate of drug-likeness (QED) is 0.701. The summed E-state index contributed by atoms with van der Waals surface area (Å²) < 4.78 is 6.10. The van der Waals surface area contributed by atoms with Crippen molar-refractivity contribution in [3.8, 4) is 0 Å². The van der Waals surface area contributed by atoms with Crippen LogP contribution < -0.4 is 0 Å². The second-order valence-corrected chi connectivity index (χ2v) is 7.18. The number of fused-ring (bicyclic) bond motifs is 1. The van der Waals surface area contributed by atoms with E-state index in [2.05, 4.69) is 32.1 Å². The van der Waals surface area contributed by atoms with Gasteiger partial charge in [0, 0.05) is 5.92 Å². The molecule has 0 saturated carbocycles. The first-order chi connectivity index (χ1) is 9.31. The number of allylic oxidation sites excluding steroid dienone is 3. The van der Waals surface area contributed by atoms with Gasteiger partial charge < -0.3 is 4.74 Å². The van der Waals surface area contributed by atoms with Crippen molar-refractivity contribution >= 4 is 5.97 Å². The predicted molar refractivity (Wildman–Crippen MR) is 82.3 cm³/mol. The smallest absolute Gasteiger partial charge is 0.312 e. The van der Waals surface area contributed by atoms with Gasteiger partial charge in [0.1, 0.15) is 5.60 Å². The van der Waals surface area contributed by atoms with Crippen molar-refractivity contribution < 1.29 is 9.53 Å². The Bertz CT molecular complexity index is 444. The van der Waals surface area contributed by atoms with Crippen LogP contribution in [0.15, 0.2) is 23.8 Å². The van der Waals surface area contributed by atoms with Gasteiger partial charge in [-0.3, -0.25) is 4.79 Å². The second-order valence-electron chi connectivity index (χ2n) is 7.18. The lowest BCUT2D eigenvalue weighted by Crippen LogP contribution is -2.50. The van der Waals surface area contributed by atoms with Crippen molar-refractivity contribution in [3.05, 3.63) is 23.8 Å². The van der Waals surface area contributed by atoms with Crippen molar-refractivity contribution in [1.29, 1.82) is 0 Å². The van der Waals surface area contributed by atoms with Crippen molar-refractivity contribution in [1.82, 2.24) is 0 Å². The summed E-state index contributed by atoms with van der Waals surface area (Å²) in [5.41, 5.74) is 0.603. The maximum Gasteiger partial charge on any atom is 0.312 e. The molecule has 0 fully saturated rings. The largest absolute Gasteiger partial charge is 0.458 e. The third-order valence-corrected chi connectivity index (χ3v) is 5.46. The highest BCUT2D eigenvalue weighted by atomic mass is 16.6. The normalized spacial score (nSPS) is 33.4. The molecule has 0 radical (unpaired) electrons. The molecule has 112 valence electrons. The van der Waals surface area contributed by atoms with Gasteiger partial charge in [0.15, 0.2) is 0 Å². The van der Waals surface area contributed by atoms with Crippen LogP contribution in [0.3, 0.4) is 0 Å². The molecule has 0 spiro atoms. The molecule has 3 unspecified atom stereocenters. The van der Waals surface area contributed by atoms with Gasteiger partial charge >= 0.3 is 5.97 Å². The Morgan fingerprint density at radius 3 is 2.85 bits per heavy atom. The lowest BCUT2D eigenvalue weighted by atomic mass is 9.66. The van der Waals surface area contributed by atoms with Gasteiger partial charge in [-0.2, -0.15) is 0 Å². The van der Waals surface area contributed by atoms with Gasteiger partial charge in [-0.15, -0.1) is 0 Å². The van der Waals surface area contributed by atoms with Crippen LogP contribution in [0.2, 0.25) is 0 Å². The molecule has 0 aliphatic heterocycles. The maximum absolute atomic E-state index is 12.5. The zero-order chi connectivity index (χ0) is 15.0. The van der Waals surface area contributed by atoms with Crippen molar-refractivity contribution in [2.24, 2.45) is 17.3 Å². The summed E-state index contributed by atoms with van der Waals surface area (Å²) in [7, 11) is 0. The molecule has 0 heterocycles. The predicted octanol–water partition coefficient (Wildman–Crippen LogP) is 4.66. The van der Waals surface area contributed by atoms with E-state index in [9.17, 15) is 4.79 Å². The second kappa shape index (κ2) is 5.38. The molecule has 2 aliphatic rings. The SMILES string of the molecule is CCC(C)(C)C(=O)OC1(C)C(C)CC=C2C=CCCC21. The molecule has 0 saturated heterocycles. The topological polar surface area (TPSA) is 26.3 Å². The van der Waals surface area contributed by atoms with Crippen molar-refractivity contribution in [2.45, 2.75) is 65.9 Å². The Kier molecular flexibility index (Phi) is 4.13. The highest BCUT2D eigenvalue weighted by Crippen LogP contribution is 2.46. The maximum atomic E-state index is 12.5. The van der Waals surface area contributed by atoms with Crippen molar-refractivity contribution in [3.63, 3.8) is 0 Å². The molecule has 0 amide bonds. The summed E-state index contributed by atoms with van der Waals surface area (Å²) >= 11 is 0. The highest BCUT2D eigenvalue weighted by molar-refractivity contribution is 5.76. The number of carbonyl (C=O) groups excluding carboxylic acids is 1. The molecular formula is C18H28O2. The number of hydrogen-bond acceptors (Lipinski definition) is 2. The van der Waals surface area contributed by atoms with Crippen molar-refractivity contribution in [2.75, 3.05) is 0 Å². The minimum atomic E-state index is -0.394. The molecule has 3 atom stereocenters. The third-order valence-electron chi connectivity index (χ3n) is 5.46. The monoisotopic (exact) mass is 276 g/mol. The van der Waals surface area contributed by atoms with Gasteiger partial charge in [-0.25, -0.2) is 0 Å². The first kappa shape index (κ1) is 15.3. The number of esters is 1. The van der Waals surface area contributed by atoms with Crippen LogP contribution in [-0.2, 0) is 9.53 Å². The Hall–Kier alpha value is -1.05. The van der Waals surface area contributed by atoms with Gasteiger partial charge in [0.25, 0.3) is 0 Å². The molecular weight excluding hydrogens is 248 g/mol. The van der Waals surface area contributed by atoms with Crippen LogP contribution in [-0.4, -0.2) is 11.6 Å². The summed E-state index contributed by atoms with van der Waals surface area (Å²) in [4.78, 5) is 12.5. The lowest BCUT2D eigenvalue weighted by Gasteiger charge is -2.47. The fraction of sp³-hybridized carbons (Fsp3) is 0.722. The summed E-state index contributed by atoms with van der Waals surface area (Å²) in [5, 5.41) is 0. The van der Waals surface area contributed by atoms with E-state index in [1.54, 1.807) is 0 Å². The number of hydrogen-bond donors (Lipinski definition) is 0. The lowest BCUT2D eigenvalue weighted by molar-refractivity contribution is -0.181. The summed E-state index contributed by atoms with van der Waals surface area (Å²) in [6.07, 6.45) is 10.7. The molecule has 2 nitrogen and oxygen atoms in total. The van der Waals surface area contributed by atoms with Crippen LogP contribution in [0.25, 0.3) is 0 Å². The number of rotatable bonds is 3. The van der Waals surface area contributed by atoms with Crippen LogP contribution in [0.4, 0.5) is 0 Å². The number of carbonyl (C=O) groups is 1. The number of ether oxygens (including phenoxy) is 1. The molecule has 0 bridgehead atoms. The van der Waals surface area contributed by atoms with E-state index in [-0.39, 0.29) is 11.6 Å². The van der Waals surface area contributed by atoms with Gasteiger partial charge in [0.2, 0.25) is 0 Å². The van der Waals surface area contributed by atoms with E-state index in [1.165, 1.54) is 5.57 Å². The minimum absolute atomic E-state index is 0.0508. The Morgan fingerprint density at radius 1 is 1.50 bits per heavy atom. The summed E-state index contributed by atoms with van der Waals surface area (Å²) in [6, 6.07) is 0. The third kappa shape index (κ3) is 2.57. The highest BCUT2D eigenvalue weighted by Gasteiger charge is 2.47. The molecule has 0 aromatic carbocycles. The average molecular weight is 276 g/mol. The van der Waals surface area contributed by atoms with E-state index in [1.807, 2.05) is 20.8 Å². The standard InChI is InChI=1S/C18H28O2/c1-6-17(3,4)16(19)20-18(5)13(2)11-12-14-9-7-8-10-15(14)18/h7,9,12-13,15H,6,8,10-11H2,1-5H3. The molecule has 2 rings (SSSR count). The fourth-order valence-electron chi connectivity index (χ4n) is 3.14.